The Hall–Kier alpha value is -3.28. The van der Waals surface area contributed by atoms with Gasteiger partial charge in [-0.3, -0.25) is 38.9 Å². The van der Waals surface area contributed by atoms with E-state index in [0.717, 1.165) is 16.7 Å². The van der Waals surface area contributed by atoms with E-state index in [9.17, 15) is 23.6 Å². The number of nitrogens with zero attached hydrogens (tertiary/aromatic N) is 4. The zero-order valence-electron chi connectivity index (χ0n) is 14.7. The lowest BCUT2D eigenvalue weighted by molar-refractivity contribution is -0.122. The van der Waals surface area contributed by atoms with Gasteiger partial charge < -0.3 is 0 Å². The third kappa shape index (κ3) is 3.45. The number of amides is 2. The summed E-state index contributed by atoms with van der Waals surface area (Å²) in [6, 6.07) is 4.77. The van der Waals surface area contributed by atoms with Crippen molar-refractivity contribution in [3.8, 4) is 0 Å². The molecule has 2 aromatic heterocycles. The molecule has 2 heterocycles. The fourth-order valence-corrected chi connectivity index (χ4v) is 3.06. The zero-order valence-corrected chi connectivity index (χ0v) is 16.3. The standard InChI is InChI=1S/C16H14BrFN6O4/c1-22-13-11(14(27)23(2)16(22)28)19-15(17)24(13)7-10(25)20-21-12(26)8-3-5-9(18)6-4-8/h3-6H,7H2,1-2H3,(H,20,25)(H,21,26). The molecule has 1 aromatic carbocycles. The Morgan fingerprint density at radius 2 is 1.75 bits per heavy atom. The number of hydrazine groups is 1. The number of aromatic nitrogens is 4. The predicted octanol–water partition coefficient (Wildman–Crippen LogP) is -0.204. The number of hydrogen-bond donors (Lipinski definition) is 2. The maximum Gasteiger partial charge on any atom is 0.332 e. The number of nitrogens with one attached hydrogen (secondary N) is 2. The van der Waals surface area contributed by atoms with E-state index in [-0.39, 0.29) is 28.0 Å². The van der Waals surface area contributed by atoms with Gasteiger partial charge in [0.05, 0.1) is 0 Å². The molecule has 0 saturated heterocycles. The third-order valence-corrected chi connectivity index (χ3v) is 4.62. The van der Waals surface area contributed by atoms with Crippen LogP contribution in [0.15, 0.2) is 38.6 Å². The summed E-state index contributed by atoms with van der Waals surface area (Å²) >= 11 is 3.16. The van der Waals surface area contributed by atoms with Crippen LogP contribution in [0.3, 0.4) is 0 Å². The Morgan fingerprint density at radius 3 is 2.39 bits per heavy atom. The maximum absolute atomic E-state index is 12.9. The van der Waals surface area contributed by atoms with Gasteiger partial charge in [-0.25, -0.2) is 14.2 Å². The molecule has 0 aliphatic carbocycles. The highest BCUT2D eigenvalue weighted by Crippen LogP contribution is 2.16. The van der Waals surface area contributed by atoms with Gasteiger partial charge in [0.2, 0.25) is 0 Å². The second kappa shape index (κ2) is 7.38. The van der Waals surface area contributed by atoms with Crippen LogP contribution in [-0.4, -0.2) is 30.5 Å². The first-order chi connectivity index (χ1) is 13.2. The summed E-state index contributed by atoms with van der Waals surface area (Å²) in [6.45, 7) is -0.332. The Bertz CT molecular complexity index is 1210. The van der Waals surface area contributed by atoms with Gasteiger partial charge in [0, 0.05) is 19.7 Å². The molecule has 0 atom stereocenters. The number of carbonyl (C=O) groups excluding carboxylic acids is 2. The van der Waals surface area contributed by atoms with Crippen molar-refractivity contribution in [2.45, 2.75) is 6.54 Å². The first-order valence-corrected chi connectivity index (χ1v) is 8.66. The summed E-state index contributed by atoms with van der Waals surface area (Å²) in [5.41, 5.74) is 3.57. The van der Waals surface area contributed by atoms with Crippen molar-refractivity contribution in [1.29, 1.82) is 0 Å². The lowest BCUT2D eigenvalue weighted by atomic mass is 10.2. The molecule has 12 heteroatoms. The van der Waals surface area contributed by atoms with E-state index in [1.807, 2.05) is 0 Å². The molecule has 0 unspecified atom stereocenters. The molecule has 0 aliphatic heterocycles. The first kappa shape index (κ1) is 19.5. The van der Waals surface area contributed by atoms with Crippen LogP contribution in [0.25, 0.3) is 11.2 Å². The van der Waals surface area contributed by atoms with E-state index in [4.69, 9.17) is 0 Å². The van der Waals surface area contributed by atoms with Crippen molar-refractivity contribution in [3.63, 3.8) is 0 Å². The number of aryl methyl sites for hydroxylation is 1. The molecule has 28 heavy (non-hydrogen) atoms. The molecule has 3 rings (SSSR count). The molecule has 0 spiro atoms. The third-order valence-electron chi connectivity index (χ3n) is 4.02. The Labute approximate surface area is 164 Å². The van der Waals surface area contributed by atoms with Crippen LogP contribution in [-0.2, 0) is 25.4 Å². The van der Waals surface area contributed by atoms with E-state index < -0.39 is 28.9 Å². The summed E-state index contributed by atoms with van der Waals surface area (Å²) < 4.78 is 16.5. The van der Waals surface area contributed by atoms with E-state index in [2.05, 4.69) is 31.8 Å². The van der Waals surface area contributed by atoms with Crippen LogP contribution >= 0.6 is 15.9 Å². The average molecular weight is 453 g/mol. The smallest absolute Gasteiger partial charge is 0.295 e. The molecule has 2 N–H and O–H groups in total. The minimum Gasteiger partial charge on any atom is -0.295 e. The van der Waals surface area contributed by atoms with Crippen LogP contribution in [0.4, 0.5) is 4.39 Å². The van der Waals surface area contributed by atoms with E-state index in [1.54, 1.807) is 0 Å². The molecule has 10 nitrogen and oxygen atoms in total. The number of halogens is 2. The van der Waals surface area contributed by atoms with Crippen LogP contribution < -0.4 is 22.1 Å². The minimum atomic E-state index is -0.636. The summed E-state index contributed by atoms with van der Waals surface area (Å²) in [6.07, 6.45) is 0. The zero-order chi connectivity index (χ0) is 20.6. The number of rotatable bonds is 3. The van der Waals surface area contributed by atoms with E-state index >= 15 is 0 Å². The van der Waals surface area contributed by atoms with Crippen molar-refractivity contribution in [3.05, 3.63) is 61.2 Å². The number of benzene rings is 1. The van der Waals surface area contributed by atoms with Crippen molar-refractivity contribution in [1.82, 2.24) is 29.5 Å². The average Bonchev–Trinajstić information content (AvgIpc) is 2.99. The molecule has 146 valence electrons. The summed E-state index contributed by atoms with van der Waals surface area (Å²) in [5.74, 6) is -1.76. The van der Waals surface area contributed by atoms with E-state index in [1.165, 1.54) is 35.4 Å². The Balaban J connectivity index is 1.81. The topological polar surface area (TPSA) is 120 Å². The van der Waals surface area contributed by atoms with Gasteiger partial charge in [-0.15, -0.1) is 0 Å². The Morgan fingerprint density at radius 1 is 1.11 bits per heavy atom. The van der Waals surface area contributed by atoms with Crippen molar-refractivity contribution < 1.29 is 14.0 Å². The van der Waals surface area contributed by atoms with Crippen molar-refractivity contribution >= 4 is 38.9 Å². The fourth-order valence-electron chi connectivity index (χ4n) is 2.59. The number of imidazole rings is 1. The van der Waals surface area contributed by atoms with Gasteiger partial charge in [-0.2, -0.15) is 0 Å². The molecule has 0 fully saturated rings. The molecule has 0 saturated carbocycles. The van der Waals surface area contributed by atoms with Gasteiger partial charge >= 0.3 is 5.69 Å². The van der Waals surface area contributed by atoms with Gasteiger partial charge in [-0.1, -0.05) is 0 Å². The van der Waals surface area contributed by atoms with Crippen LogP contribution in [0.1, 0.15) is 10.4 Å². The van der Waals surface area contributed by atoms with Gasteiger partial charge in [0.15, 0.2) is 15.9 Å². The lowest BCUT2D eigenvalue weighted by Gasteiger charge is -2.11. The lowest BCUT2D eigenvalue weighted by Crippen LogP contribution is -2.43. The SMILES string of the molecule is Cn1c(=O)c2nc(Br)n(CC(=O)NNC(=O)c3ccc(F)cc3)c2n(C)c1=O. The first-order valence-electron chi connectivity index (χ1n) is 7.87. The molecule has 0 bridgehead atoms. The number of carbonyl (C=O) groups is 2. The highest BCUT2D eigenvalue weighted by atomic mass is 79.9. The van der Waals surface area contributed by atoms with Gasteiger partial charge in [0.25, 0.3) is 17.4 Å². The van der Waals surface area contributed by atoms with Gasteiger partial charge in [0.1, 0.15) is 12.4 Å². The highest BCUT2D eigenvalue weighted by molar-refractivity contribution is 9.10. The Kier molecular flexibility index (Phi) is 5.14. The summed E-state index contributed by atoms with van der Waals surface area (Å²) in [7, 11) is 2.78. The predicted molar refractivity (Wildman–Crippen MR) is 99.9 cm³/mol. The van der Waals surface area contributed by atoms with E-state index in [0.29, 0.717) is 0 Å². The quantitative estimate of drug-likeness (QED) is 0.421. The molecular formula is C16H14BrFN6O4. The minimum absolute atomic E-state index is 0.0135. The monoisotopic (exact) mass is 452 g/mol. The van der Waals surface area contributed by atoms with Crippen molar-refractivity contribution in [2.24, 2.45) is 14.1 Å². The molecule has 2 amide bonds. The second-order valence-electron chi connectivity index (χ2n) is 5.85. The van der Waals surface area contributed by atoms with Crippen LogP contribution in [0.5, 0.6) is 0 Å². The fraction of sp³-hybridized carbons (Fsp3) is 0.188. The molecular weight excluding hydrogens is 439 g/mol. The van der Waals surface area contributed by atoms with Crippen molar-refractivity contribution in [2.75, 3.05) is 0 Å². The van der Waals surface area contributed by atoms with Crippen LogP contribution in [0.2, 0.25) is 0 Å². The molecule has 0 radical (unpaired) electrons. The largest absolute Gasteiger partial charge is 0.332 e. The highest BCUT2D eigenvalue weighted by Gasteiger charge is 2.19. The number of fused-ring (bicyclic) bond motifs is 1. The van der Waals surface area contributed by atoms with Gasteiger partial charge in [-0.05, 0) is 40.2 Å². The maximum atomic E-state index is 12.9. The normalized spacial score (nSPS) is 10.9. The van der Waals surface area contributed by atoms with Crippen LogP contribution in [0, 0.1) is 5.82 Å². The second-order valence-corrected chi connectivity index (χ2v) is 6.56. The summed E-state index contributed by atoms with van der Waals surface area (Å²) in [4.78, 5) is 52.6. The summed E-state index contributed by atoms with van der Waals surface area (Å²) in [5, 5.41) is 0. The number of hydrogen-bond acceptors (Lipinski definition) is 5. The molecule has 3 aromatic rings. The molecule has 0 aliphatic rings.